The molecule has 2 N–H and O–H groups in total. The summed E-state index contributed by atoms with van der Waals surface area (Å²) in [4.78, 5) is 38.4. The fraction of sp³-hybridized carbons (Fsp3) is 0.259. The van der Waals surface area contributed by atoms with Crippen molar-refractivity contribution in [1.82, 2.24) is 19.4 Å². The number of halogens is 1. The van der Waals surface area contributed by atoms with Crippen LogP contribution in [0.25, 0.3) is 22.2 Å². The Balaban J connectivity index is 1.44. The van der Waals surface area contributed by atoms with Crippen LogP contribution in [0.2, 0.25) is 5.02 Å². The Hall–Kier alpha value is -3.95. The van der Waals surface area contributed by atoms with E-state index < -0.39 is 5.97 Å². The van der Waals surface area contributed by atoms with Gasteiger partial charge in [0.15, 0.2) is 0 Å². The van der Waals surface area contributed by atoms with Gasteiger partial charge < -0.3 is 20.2 Å². The molecule has 1 aliphatic heterocycles. The molecule has 0 radical (unpaired) electrons. The zero-order valence-corrected chi connectivity index (χ0v) is 21.4. The highest BCUT2D eigenvalue weighted by molar-refractivity contribution is 6.33. The number of rotatable bonds is 6. The molecule has 9 nitrogen and oxygen atoms in total. The lowest BCUT2D eigenvalue weighted by atomic mass is 10.0. The van der Waals surface area contributed by atoms with Crippen molar-refractivity contribution in [3.8, 4) is 11.1 Å². The van der Waals surface area contributed by atoms with E-state index in [1.165, 1.54) is 17.8 Å². The molecule has 0 bridgehead atoms. The predicted molar refractivity (Wildman–Crippen MR) is 146 cm³/mol. The summed E-state index contributed by atoms with van der Waals surface area (Å²) in [7, 11) is 2.14. The van der Waals surface area contributed by atoms with Gasteiger partial charge >= 0.3 is 5.97 Å². The van der Waals surface area contributed by atoms with Gasteiger partial charge in [-0.05, 0) is 56.4 Å². The van der Waals surface area contributed by atoms with Gasteiger partial charge in [0.1, 0.15) is 5.65 Å². The number of anilines is 3. The van der Waals surface area contributed by atoms with Crippen molar-refractivity contribution >= 4 is 45.9 Å². The number of hydrogen-bond acceptors (Lipinski definition) is 7. The third-order valence-corrected chi connectivity index (χ3v) is 6.95. The molecule has 1 saturated heterocycles. The number of carboxylic acid groups (broad SMARTS) is 1. The number of aromatic carboxylic acids is 1. The number of carboxylic acids is 1. The molecule has 2 aromatic heterocycles. The zero-order chi connectivity index (χ0) is 26.1. The molecule has 0 saturated carbocycles. The molecular formula is C27H27ClN6O3. The SMILES string of the molecule is CCn1c(=O)c(-c2ccc(C(=O)O)cc2Cl)cc2cnc(Nc3ccc(N4CCN(C)CC4)cc3)nc21. The molecule has 190 valence electrons. The van der Waals surface area contributed by atoms with E-state index in [9.17, 15) is 14.7 Å². The smallest absolute Gasteiger partial charge is 0.335 e. The number of hydrogen-bond donors (Lipinski definition) is 2. The van der Waals surface area contributed by atoms with Crippen molar-refractivity contribution in [1.29, 1.82) is 0 Å². The van der Waals surface area contributed by atoms with Crippen molar-refractivity contribution in [2.75, 3.05) is 43.4 Å². The second kappa shape index (κ2) is 10.2. The molecule has 1 fully saturated rings. The van der Waals surface area contributed by atoms with Crippen LogP contribution in [0.4, 0.5) is 17.3 Å². The first kappa shape index (κ1) is 24.7. The standard InChI is InChI=1S/C27H27ClN6O3/c1-3-34-24-18(14-22(25(34)35)21-9-4-17(26(36)37)15-23(21)28)16-29-27(31-24)30-19-5-7-20(8-6-19)33-12-10-32(2)11-13-33/h4-9,14-16H,3,10-13H2,1-2H3,(H,36,37)(H,29,30,31). The highest BCUT2D eigenvalue weighted by atomic mass is 35.5. The fourth-order valence-corrected chi connectivity index (χ4v) is 4.80. The number of nitrogens with zero attached hydrogens (tertiary/aromatic N) is 5. The lowest BCUT2D eigenvalue weighted by molar-refractivity contribution is 0.0697. The van der Waals surface area contributed by atoms with Crippen LogP contribution in [0.15, 0.2) is 59.5 Å². The Labute approximate surface area is 218 Å². The zero-order valence-electron chi connectivity index (χ0n) is 20.6. The maximum Gasteiger partial charge on any atom is 0.335 e. The van der Waals surface area contributed by atoms with Gasteiger partial charge in [0.25, 0.3) is 5.56 Å². The maximum atomic E-state index is 13.4. The van der Waals surface area contributed by atoms with E-state index in [4.69, 9.17) is 11.6 Å². The molecule has 10 heteroatoms. The minimum absolute atomic E-state index is 0.0565. The number of carbonyl (C=O) groups is 1. The number of nitrogens with one attached hydrogen (secondary N) is 1. The van der Waals surface area contributed by atoms with E-state index in [1.54, 1.807) is 22.9 Å². The highest BCUT2D eigenvalue weighted by Gasteiger charge is 2.17. The van der Waals surface area contributed by atoms with E-state index in [0.29, 0.717) is 34.7 Å². The Morgan fingerprint density at radius 1 is 1.05 bits per heavy atom. The van der Waals surface area contributed by atoms with Gasteiger partial charge in [-0.3, -0.25) is 9.36 Å². The van der Waals surface area contributed by atoms with Gasteiger partial charge in [-0.2, -0.15) is 4.98 Å². The molecule has 3 heterocycles. The van der Waals surface area contributed by atoms with E-state index in [-0.39, 0.29) is 16.1 Å². The van der Waals surface area contributed by atoms with Gasteiger partial charge in [-0.1, -0.05) is 17.7 Å². The highest BCUT2D eigenvalue weighted by Crippen LogP contribution is 2.29. The maximum absolute atomic E-state index is 13.4. The average molecular weight is 519 g/mol. The Morgan fingerprint density at radius 2 is 1.78 bits per heavy atom. The topological polar surface area (TPSA) is 104 Å². The van der Waals surface area contributed by atoms with E-state index in [1.807, 2.05) is 19.1 Å². The first-order chi connectivity index (χ1) is 17.8. The summed E-state index contributed by atoms with van der Waals surface area (Å²) >= 11 is 6.35. The number of aromatic nitrogens is 3. The second-order valence-corrected chi connectivity index (χ2v) is 9.45. The van der Waals surface area contributed by atoms with Gasteiger partial charge in [-0.25, -0.2) is 9.78 Å². The van der Waals surface area contributed by atoms with Crippen LogP contribution in [0.5, 0.6) is 0 Å². The summed E-state index contributed by atoms with van der Waals surface area (Å²) in [6.45, 7) is 6.36. The predicted octanol–water partition coefficient (Wildman–Crippen LogP) is 4.33. The average Bonchev–Trinajstić information content (AvgIpc) is 2.89. The van der Waals surface area contributed by atoms with Crippen molar-refractivity contribution in [2.24, 2.45) is 0 Å². The summed E-state index contributed by atoms with van der Waals surface area (Å²) in [5.41, 5.74) is 3.15. The summed E-state index contributed by atoms with van der Waals surface area (Å²) in [5.74, 6) is -0.696. The largest absolute Gasteiger partial charge is 0.478 e. The lowest BCUT2D eigenvalue weighted by Crippen LogP contribution is -2.44. The minimum Gasteiger partial charge on any atom is -0.478 e. The fourth-order valence-electron chi connectivity index (χ4n) is 4.52. The number of aryl methyl sites for hydroxylation is 1. The van der Waals surface area contributed by atoms with Crippen LogP contribution in [0.3, 0.4) is 0 Å². The van der Waals surface area contributed by atoms with Crippen molar-refractivity contribution in [3.63, 3.8) is 0 Å². The van der Waals surface area contributed by atoms with E-state index in [0.717, 1.165) is 31.9 Å². The molecule has 0 amide bonds. The second-order valence-electron chi connectivity index (χ2n) is 9.04. The van der Waals surface area contributed by atoms with E-state index >= 15 is 0 Å². The first-order valence-corrected chi connectivity index (χ1v) is 12.5. The Bertz CT molecular complexity index is 1530. The van der Waals surface area contributed by atoms with Crippen LogP contribution in [0, 0.1) is 0 Å². The monoisotopic (exact) mass is 518 g/mol. The first-order valence-electron chi connectivity index (χ1n) is 12.1. The molecule has 5 rings (SSSR count). The Morgan fingerprint density at radius 3 is 2.43 bits per heavy atom. The number of fused-ring (bicyclic) bond motifs is 1. The molecular weight excluding hydrogens is 492 g/mol. The lowest BCUT2D eigenvalue weighted by Gasteiger charge is -2.34. The van der Waals surface area contributed by atoms with Gasteiger partial charge in [0.2, 0.25) is 5.95 Å². The third kappa shape index (κ3) is 5.00. The van der Waals surface area contributed by atoms with E-state index in [2.05, 4.69) is 44.3 Å². The minimum atomic E-state index is -1.08. The van der Waals surface area contributed by atoms with Gasteiger partial charge in [0, 0.05) is 71.8 Å². The summed E-state index contributed by atoms with van der Waals surface area (Å²) in [6.07, 6.45) is 1.66. The van der Waals surface area contributed by atoms with Crippen molar-refractivity contribution < 1.29 is 9.90 Å². The van der Waals surface area contributed by atoms with Crippen LogP contribution in [-0.4, -0.2) is 63.7 Å². The summed E-state index contributed by atoms with van der Waals surface area (Å²) in [5, 5.41) is 13.3. The van der Waals surface area contributed by atoms with Crippen LogP contribution in [-0.2, 0) is 6.54 Å². The molecule has 37 heavy (non-hydrogen) atoms. The molecule has 2 aromatic carbocycles. The van der Waals surface area contributed by atoms with Crippen LogP contribution < -0.4 is 15.8 Å². The summed E-state index contributed by atoms with van der Waals surface area (Å²) < 4.78 is 1.56. The normalized spacial score (nSPS) is 14.2. The summed E-state index contributed by atoms with van der Waals surface area (Å²) in [6, 6.07) is 14.2. The number of pyridine rings is 1. The molecule has 1 aliphatic rings. The molecule has 0 spiro atoms. The number of piperazine rings is 1. The van der Waals surface area contributed by atoms with Crippen molar-refractivity contribution in [2.45, 2.75) is 13.5 Å². The number of likely N-dealkylation sites (N-methyl/N-ethyl adjacent to an activating group) is 1. The quantitative estimate of drug-likeness (QED) is 0.389. The van der Waals surface area contributed by atoms with Crippen molar-refractivity contribution in [3.05, 3.63) is 75.7 Å². The van der Waals surface area contributed by atoms with Gasteiger partial charge in [0.05, 0.1) is 5.56 Å². The van der Waals surface area contributed by atoms with Gasteiger partial charge in [-0.15, -0.1) is 0 Å². The van der Waals surface area contributed by atoms with Crippen LogP contribution >= 0.6 is 11.6 Å². The third-order valence-electron chi connectivity index (χ3n) is 6.64. The molecule has 0 aliphatic carbocycles. The number of benzene rings is 2. The Kier molecular flexibility index (Phi) is 6.82. The molecule has 0 atom stereocenters. The molecule has 4 aromatic rings. The molecule has 0 unspecified atom stereocenters. The van der Waals surface area contributed by atoms with Crippen LogP contribution in [0.1, 0.15) is 17.3 Å².